The molecule has 0 spiro atoms. The second-order valence-electron chi connectivity index (χ2n) is 6.65. The normalized spacial score (nSPS) is 10.9. The van der Waals surface area contributed by atoms with Crippen LogP contribution in [0.2, 0.25) is 0 Å². The number of fused-ring (bicyclic) bond motifs is 1. The number of ether oxygens (including phenoxy) is 1. The van der Waals surface area contributed by atoms with Gasteiger partial charge in [-0.05, 0) is 52.2 Å². The van der Waals surface area contributed by atoms with Crippen molar-refractivity contribution in [2.24, 2.45) is 0 Å². The van der Waals surface area contributed by atoms with E-state index in [1.165, 1.54) is 16.5 Å². The quantitative estimate of drug-likeness (QED) is 0.522. The molecule has 0 bridgehead atoms. The van der Waals surface area contributed by atoms with Gasteiger partial charge in [0.2, 0.25) is 5.95 Å². The molecule has 0 unspecified atom stereocenters. The molecule has 0 aliphatic rings. The highest BCUT2D eigenvalue weighted by molar-refractivity contribution is 5.88. The highest BCUT2D eigenvalue weighted by atomic mass is 16.5. The molecule has 1 N–H and O–H groups in total. The smallest absolute Gasteiger partial charge is 0.243 e. The monoisotopic (exact) mass is 373 g/mol. The fourth-order valence-corrected chi connectivity index (χ4v) is 3.27. The molecular weight excluding hydrogens is 350 g/mol. The van der Waals surface area contributed by atoms with Crippen LogP contribution in [0.15, 0.2) is 60.7 Å². The van der Waals surface area contributed by atoms with Gasteiger partial charge in [0.1, 0.15) is 12.4 Å². The molecule has 0 radical (unpaired) electrons. The summed E-state index contributed by atoms with van der Waals surface area (Å²) in [6.45, 7) is 5.93. The highest BCUT2D eigenvalue weighted by Crippen LogP contribution is 2.29. The average molecular weight is 373 g/mol. The van der Waals surface area contributed by atoms with E-state index in [1.54, 1.807) is 4.68 Å². The fraction of sp³-hybridized carbons (Fsp3) is 0.227. The Morgan fingerprint density at radius 3 is 2.68 bits per heavy atom. The van der Waals surface area contributed by atoms with Gasteiger partial charge in [0, 0.05) is 18.7 Å². The molecule has 28 heavy (non-hydrogen) atoms. The SMILES string of the molecule is CCn1nnnc1NCc1c(OCc2ccccc2C)ccc2ccccc12. The van der Waals surface area contributed by atoms with Gasteiger partial charge in [-0.1, -0.05) is 59.7 Å². The second kappa shape index (κ2) is 8.08. The summed E-state index contributed by atoms with van der Waals surface area (Å²) in [4.78, 5) is 0. The first-order valence-corrected chi connectivity index (χ1v) is 9.44. The van der Waals surface area contributed by atoms with Crippen molar-refractivity contribution in [3.63, 3.8) is 0 Å². The van der Waals surface area contributed by atoms with E-state index in [9.17, 15) is 0 Å². The lowest BCUT2D eigenvalue weighted by atomic mass is 10.0. The molecule has 0 atom stereocenters. The van der Waals surface area contributed by atoms with Crippen molar-refractivity contribution in [1.82, 2.24) is 20.2 Å². The van der Waals surface area contributed by atoms with Gasteiger partial charge in [0.25, 0.3) is 0 Å². The molecule has 6 nitrogen and oxygen atoms in total. The maximum Gasteiger partial charge on any atom is 0.243 e. The van der Waals surface area contributed by atoms with E-state index in [0.717, 1.165) is 16.7 Å². The van der Waals surface area contributed by atoms with Gasteiger partial charge in [0.05, 0.1) is 0 Å². The van der Waals surface area contributed by atoms with E-state index in [4.69, 9.17) is 4.74 Å². The lowest BCUT2D eigenvalue weighted by molar-refractivity contribution is 0.303. The van der Waals surface area contributed by atoms with Gasteiger partial charge >= 0.3 is 0 Å². The fourth-order valence-electron chi connectivity index (χ4n) is 3.27. The van der Waals surface area contributed by atoms with Crippen LogP contribution in [0.3, 0.4) is 0 Å². The van der Waals surface area contributed by atoms with Gasteiger partial charge in [-0.25, -0.2) is 4.68 Å². The summed E-state index contributed by atoms with van der Waals surface area (Å²) in [7, 11) is 0. The summed E-state index contributed by atoms with van der Waals surface area (Å²) in [5.74, 6) is 1.52. The number of aryl methyl sites for hydroxylation is 2. The Bertz CT molecular complexity index is 1090. The molecule has 3 aromatic carbocycles. The standard InChI is InChI=1S/C22H23N5O/c1-3-27-22(24-25-26-27)23-14-20-19-11-7-6-9-17(19)12-13-21(20)28-15-18-10-5-4-8-16(18)2/h4-13H,3,14-15H2,1-2H3,(H,23,24,26). The topological polar surface area (TPSA) is 64.9 Å². The number of rotatable bonds is 7. The number of aromatic nitrogens is 4. The van der Waals surface area contributed by atoms with Crippen molar-refractivity contribution in [3.05, 3.63) is 77.4 Å². The van der Waals surface area contributed by atoms with Crippen LogP contribution in [0, 0.1) is 6.92 Å². The summed E-state index contributed by atoms with van der Waals surface area (Å²) in [6, 6.07) is 20.8. The van der Waals surface area contributed by atoms with Gasteiger partial charge in [-0.15, -0.1) is 0 Å². The molecule has 6 heteroatoms. The predicted octanol–water partition coefficient (Wildman–Crippen LogP) is 4.35. The number of nitrogens with one attached hydrogen (secondary N) is 1. The van der Waals surface area contributed by atoms with Crippen molar-refractivity contribution >= 4 is 16.7 Å². The third kappa shape index (κ3) is 3.67. The average Bonchev–Trinajstić information content (AvgIpc) is 3.19. The zero-order valence-corrected chi connectivity index (χ0v) is 16.1. The number of nitrogens with zero attached hydrogens (tertiary/aromatic N) is 4. The van der Waals surface area contributed by atoms with E-state index >= 15 is 0 Å². The van der Waals surface area contributed by atoms with E-state index in [2.05, 4.69) is 58.1 Å². The Balaban J connectivity index is 1.64. The third-order valence-corrected chi connectivity index (χ3v) is 4.90. The minimum atomic E-state index is 0.532. The lowest BCUT2D eigenvalue weighted by Gasteiger charge is -2.16. The number of tetrazole rings is 1. The molecule has 0 saturated heterocycles. The van der Waals surface area contributed by atoms with Crippen LogP contribution in [0.5, 0.6) is 5.75 Å². The van der Waals surface area contributed by atoms with Crippen molar-refractivity contribution in [2.45, 2.75) is 33.5 Å². The summed E-state index contributed by atoms with van der Waals surface area (Å²) in [6.07, 6.45) is 0. The molecular formula is C22H23N5O. The predicted molar refractivity (Wildman–Crippen MR) is 110 cm³/mol. The van der Waals surface area contributed by atoms with Crippen LogP contribution in [-0.2, 0) is 19.7 Å². The summed E-state index contributed by atoms with van der Waals surface area (Å²) < 4.78 is 7.98. The Morgan fingerprint density at radius 2 is 1.82 bits per heavy atom. The van der Waals surface area contributed by atoms with E-state index in [1.807, 2.05) is 37.3 Å². The number of hydrogen-bond donors (Lipinski definition) is 1. The zero-order chi connectivity index (χ0) is 19.3. The van der Waals surface area contributed by atoms with E-state index in [0.29, 0.717) is 25.6 Å². The van der Waals surface area contributed by atoms with Crippen LogP contribution in [0.1, 0.15) is 23.6 Å². The van der Waals surface area contributed by atoms with Crippen LogP contribution < -0.4 is 10.1 Å². The van der Waals surface area contributed by atoms with Crippen LogP contribution >= 0.6 is 0 Å². The van der Waals surface area contributed by atoms with Gasteiger partial charge in [-0.3, -0.25) is 0 Å². The van der Waals surface area contributed by atoms with Crippen molar-refractivity contribution in [1.29, 1.82) is 0 Å². The van der Waals surface area contributed by atoms with Gasteiger partial charge in [0.15, 0.2) is 0 Å². The largest absolute Gasteiger partial charge is 0.489 e. The Hall–Kier alpha value is -3.41. The zero-order valence-electron chi connectivity index (χ0n) is 16.1. The Morgan fingerprint density at radius 1 is 1.00 bits per heavy atom. The second-order valence-corrected chi connectivity index (χ2v) is 6.65. The minimum Gasteiger partial charge on any atom is -0.489 e. The first-order chi connectivity index (χ1) is 13.8. The molecule has 0 amide bonds. The van der Waals surface area contributed by atoms with E-state index < -0.39 is 0 Å². The molecule has 1 heterocycles. The van der Waals surface area contributed by atoms with Gasteiger partial charge < -0.3 is 10.1 Å². The van der Waals surface area contributed by atoms with Crippen LogP contribution in [0.4, 0.5) is 5.95 Å². The van der Waals surface area contributed by atoms with Crippen LogP contribution in [-0.4, -0.2) is 20.2 Å². The van der Waals surface area contributed by atoms with Crippen molar-refractivity contribution < 1.29 is 4.74 Å². The lowest BCUT2D eigenvalue weighted by Crippen LogP contribution is -2.09. The third-order valence-electron chi connectivity index (χ3n) is 4.90. The first-order valence-electron chi connectivity index (χ1n) is 9.44. The molecule has 0 aliphatic carbocycles. The number of benzene rings is 3. The van der Waals surface area contributed by atoms with Crippen LogP contribution in [0.25, 0.3) is 10.8 Å². The molecule has 142 valence electrons. The Kier molecular flexibility index (Phi) is 5.19. The highest BCUT2D eigenvalue weighted by Gasteiger charge is 2.12. The van der Waals surface area contributed by atoms with Gasteiger partial charge in [-0.2, -0.15) is 0 Å². The first kappa shape index (κ1) is 18.0. The van der Waals surface area contributed by atoms with Crippen molar-refractivity contribution in [2.75, 3.05) is 5.32 Å². The Labute approximate surface area is 164 Å². The molecule has 0 aliphatic heterocycles. The summed E-state index contributed by atoms with van der Waals surface area (Å²) in [5.41, 5.74) is 3.51. The minimum absolute atomic E-state index is 0.532. The molecule has 4 rings (SSSR count). The molecule has 0 saturated carbocycles. The molecule has 4 aromatic rings. The van der Waals surface area contributed by atoms with Crippen molar-refractivity contribution in [3.8, 4) is 5.75 Å². The summed E-state index contributed by atoms with van der Waals surface area (Å²) in [5, 5.41) is 17.5. The number of hydrogen-bond acceptors (Lipinski definition) is 5. The summed E-state index contributed by atoms with van der Waals surface area (Å²) >= 11 is 0. The number of anilines is 1. The maximum absolute atomic E-state index is 6.24. The van der Waals surface area contributed by atoms with E-state index in [-0.39, 0.29) is 0 Å². The maximum atomic E-state index is 6.24. The molecule has 0 fully saturated rings. The molecule has 1 aromatic heterocycles.